The van der Waals surface area contributed by atoms with Crippen LogP contribution in [0.15, 0.2) is 142 Å². The number of hydrogen-bond acceptors (Lipinski definition) is 4. The first-order valence-corrected chi connectivity index (χ1v) is 16.3. The summed E-state index contributed by atoms with van der Waals surface area (Å²) < 4.78 is 14.9. The molecule has 3 aromatic heterocycles. The zero-order valence-corrected chi connectivity index (χ0v) is 26.2. The molecule has 0 saturated carbocycles. The van der Waals surface area contributed by atoms with Gasteiger partial charge in [-0.3, -0.25) is 0 Å². The molecule has 1 aliphatic carbocycles. The lowest BCUT2D eigenvalue weighted by Crippen LogP contribution is -2.00. The molecular formula is C44H25N3O2. The lowest BCUT2D eigenvalue weighted by atomic mass is 9.93. The third-order valence-electron chi connectivity index (χ3n) is 9.94. The summed E-state index contributed by atoms with van der Waals surface area (Å²) in [6.07, 6.45) is 5.74. The Morgan fingerprint density at radius 1 is 0.551 bits per heavy atom. The van der Waals surface area contributed by atoms with E-state index in [9.17, 15) is 10.5 Å². The molecule has 0 saturated heterocycles. The number of rotatable bonds is 3. The van der Waals surface area contributed by atoms with E-state index in [1.165, 1.54) is 0 Å². The Morgan fingerprint density at radius 3 is 1.86 bits per heavy atom. The summed E-state index contributed by atoms with van der Waals surface area (Å²) in [5.74, 6) is 0. The zero-order chi connectivity index (χ0) is 32.6. The Labute approximate surface area is 280 Å². The predicted octanol–water partition coefficient (Wildman–Crippen LogP) is 11.7. The first kappa shape index (κ1) is 27.3. The van der Waals surface area contributed by atoms with E-state index in [2.05, 4.69) is 89.5 Å². The first-order valence-electron chi connectivity index (χ1n) is 16.3. The van der Waals surface area contributed by atoms with Gasteiger partial charge in [0.05, 0.1) is 28.4 Å². The minimum atomic E-state index is 0.606. The highest BCUT2D eigenvalue weighted by Crippen LogP contribution is 2.42. The van der Waals surface area contributed by atoms with Crippen molar-refractivity contribution in [3.63, 3.8) is 0 Å². The highest BCUT2D eigenvalue weighted by Gasteiger charge is 2.20. The lowest BCUT2D eigenvalue weighted by Gasteiger charge is -2.16. The van der Waals surface area contributed by atoms with Crippen molar-refractivity contribution < 1.29 is 8.83 Å². The molecule has 0 amide bonds. The minimum Gasteiger partial charge on any atom is -0.456 e. The fourth-order valence-corrected chi connectivity index (χ4v) is 7.69. The van der Waals surface area contributed by atoms with Crippen molar-refractivity contribution in [1.82, 2.24) is 4.57 Å². The SMILES string of the molecule is N#CC1=CCCC(c2ccc3oc4cc5oc6ccc(-c7cccc(C#N)c7-n7c8ccccc8c8ccccc87)cc6c5cc4c3c2)=C1. The van der Waals surface area contributed by atoms with E-state index in [0.29, 0.717) is 11.1 Å². The van der Waals surface area contributed by atoms with Crippen molar-refractivity contribution in [2.45, 2.75) is 12.8 Å². The van der Waals surface area contributed by atoms with Gasteiger partial charge in [0.25, 0.3) is 0 Å². The van der Waals surface area contributed by atoms with Gasteiger partial charge in [-0.15, -0.1) is 0 Å². The van der Waals surface area contributed by atoms with Gasteiger partial charge in [-0.2, -0.15) is 10.5 Å². The van der Waals surface area contributed by atoms with E-state index in [1.54, 1.807) is 0 Å². The maximum Gasteiger partial charge on any atom is 0.139 e. The second-order valence-electron chi connectivity index (χ2n) is 12.6. The molecule has 0 atom stereocenters. The standard InChI is InChI=1S/C44H25N3O2/c45-24-26-7-5-8-27(19-26)28-15-17-40-34(20-28)36-22-37-35-21-29(16-18-41(35)49-43(37)23-42(36)48-40)31-12-6-9-30(25-46)44(31)47-38-13-3-1-10-32(38)33-11-2-4-14-39(33)47/h1-4,6-7,9-23H,5,8H2. The molecule has 0 fully saturated rings. The van der Waals surface area contributed by atoms with Crippen molar-refractivity contribution >= 4 is 71.3 Å². The fourth-order valence-electron chi connectivity index (χ4n) is 7.69. The fraction of sp³-hybridized carbons (Fsp3) is 0.0455. The number of hydrogen-bond donors (Lipinski definition) is 0. The molecule has 228 valence electrons. The summed E-state index contributed by atoms with van der Waals surface area (Å²) >= 11 is 0. The van der Waals surface area contributed by atoms with Crippen LogP contribution in [-0.4, -0.2) is 4.57 Å². The Morgan fingerprint density at radius 2 is 1.18 bits per heavy atom. The van der Waals surface area contributed by atoms with Crippen molar-refractivity contribution in [1.29, 1.82) is 10.5 Å². The number of benzene rings is 6. The maximum absolute atomic E-state index is 10.4. The van der Waals surface area contributed by atoms with Crippen molar-refractivity contribution in [3.8, 4) is 29.0 Å². The number of aromatic nitrogens is 1. The zero-order valence-electron chi connectivity index (χ0n) is 26.2. The summed E-state index contributed by atoms with van der Waals surface area (Å²) in [6, 6.07) is 44.2. The third-order valence-corrected chi connectivity index (χ3v) is 9.94. The molecule has 6 aromatic carbocycles. The summed E-state index contributed by atoms with van der Waals surface area (Å²) in [4.78, 5) is 0. The molecule has 0 unspecified atom stereocenters. The first-order chi connectivity index (χ1) is 24.2. The Hall–Kier alpha value is -6.82. The predicted molar refractivity (Wildman–Crippen MR) is 196 cm³/mol. The normalized spacial score (nSPS) is 13.3. The highest BCUT2D eigenvalue weighted by atomic mass is 16.3. The Balaban J connectivity index is 1.19. The van der Waals surface area contributed by atoms with Gasteiger partial charge in [0.15, 0.2) is 0 Å². The largest absolute Gasteiger partial charge is 0.456 e. The molecule has 5 nitrogen and oxygen atoms in total. The van der Waals surface area contributed by atoms with Crippen molar-refractivity contribution in [2.75, 3.05) is 0 Å². The number of nitriles is 2. The van der Waals surface area contributed by atoms with Crippen LogP contribution in [0, 0.1) is 22.7 Å². The van der Waals surface area contributed by atoms with Crippen LogP contribution in [0.3, 0.4) is 0 Å². The van der Waals surface area contributed by atoms with Gasteiger partial charge in [-0.05, 0) is 84.1 Å². The smallest absolute Gasteiger partial charge is 0.139 e. The molecule has 0 bridgehead atoms. The third kappa shape index (κ3) is 4.03. The van der Waals surface area contributed by atoms with E-state index >= 15 is 0 Å². The van der Waals surface area contributed by atoms with E-state index < -0.39 is 0 Å². The van der Waals surface area contributed by atoms with Crippen LogP contribution in [0.4, 0.5) is 0 Å². The molecule has 9 aromatic rings. The molecule has 49 heavy (non-hydrogen) atoms. The van der Waals surface area contributed by atoms with Crippen LogP contribution in [-0.2, 0) is 0 Å². The van der Waals surface area contributed by atoms with Crippen molar-refractivity contribution in [2.24, 2.45) is 0 Å². The van der Waals surface area contributed by atoms with E-state index in [0.717, 1.165) is 106 Å². The van der Waals surface area contributed by atoms with Crippen LogP contribution in [0.1, 0.15) is 24.0 Å². The van der Waals surface area contributed by atoms with Gasteiger partial charge in [0, 0.05) is 49.5 Å². The Kier molecular flexibility index (Phi) is 5.76. The molecule has 0 radical (unpaired) electrons. The number of furan rings is 2. The summed E-state index contributed by atoms with van der Waals surface area (Å²) in [6.45, 7) is 0. The van der Waals surface area contributed by atoms with Gasteiger partial charge in [-0.25, -0.2) is 0 Å². The Bertz CT molecular complexity index is 2970. The maximum atomic E-state index is 10.4. The van der Waals surface area contributed by atoms with Gasteiger partial charge in [-0.1, -0.05) is 66.7 Å². The molecule has 0 spiro atoms. The van der Waals surface area contributed by atoms with Crippen LogP contribution in [0.5, 0.6) is 0 Å². The van der Waals surface area contributed by atoms with Crippen LogP contribution >= 0.6 is 0 Å². The van der Waals surface area contributed by atoms with Gasteiger partial charge < -0.3 is 13.4 Å². The number of fused-ring (bicyclic) bond motifs is 9. The quantitative estimate of drug-likeness (QED) is 0.195. The number of allylic oxidation sites excluding steroid dienone is 4. The molecule has 0 N–H and O–H groups in total. The number of para-hydroxylation sites is 3. The van der Waals surface area contributed by atoms with E-state index in [4.69, 9.17) is 8.83 Å². The molecular weight excluding hydrogens is 603 g/mol. The van der Waals surface area contributed by atoms with Crippen molar-refractivity contribution in [3.05, 3.63) is 144 Å². The average molecular weight is 628 g/mol. The summed E-state index contributed by atoms with van der Waals surface area (Å²) in [5.41, 5.74) is 11.6. The second kappa shape index (κ2) is 10.3. The highest BCUT2D eigenvalue weighted by molar-refractivity contribution is 6.16. The van der Waals surface area contributed by atoms with Crippen LogP contribution in [0.2, 0.25) is 0 Å². The lowest BCUT2D eigenvalue weighted by molar-refractivity contribution is 0.656. The van der Waals surface area contributed by atoms with Crippen LogP contribution in [0.25, 0.3) is 88.1 Å². The number of nitrogens with zero attached hydrogens (tertiary/aromatic N) is 3. The van der Waals surface area contributed by atoms with Gasteiger partial charge in [0.2, 0.25) is 0 Å². The van der Waals surface area contributed by atoms with Crippen LogP contribution < -0.4 is 0 Å². The molecule has 1 aliphatic rings. The minimum absolute atomic E-state index is 0.606. The summed E-state index contributed by atoms with van der Waals surface area (Å²) in [5, 5.41) is 26.2. The summed E-state index contributed by atoms with van der Waals surface area (Å²) in [7, 11) is 0. The monoisotopic (exact) mass is 627 g/mol. The molecule has 5 heteroatoms. The molecule has 10 rings (SSSR count). The van der Waals surface area contributed by atoms with Gasteiger partial charge in [0.1, 0.15) is 28.4 Å². The van der Waals surface area contributed by atoms with E-state index in [-0.39, 0.29) is 0 Å². The molecule has 3 heterocycles. The second-order valence-corrected chi connectivity index (χ2v) is 12.6. The van der Waals surface area contributed by atoms with Gasteiger partial charge >= 0.3 is 0 Å². The topological polar surface area (TPSA) is 78.8 Å². The average Bonchev–Trinajstić information content (AvgIpc) is 3.81. The molecule has 0 aliphatic heterocycles. The van der Waals surface area contributed by atoms with E-state index in [1.807, 2.05) is 54.6 Å².